The molecule has 0 radical (unpaired) electrons. The molecule has 5 nitrogen and oxygen atoms in total. The van der Waals surface area contributed by atoms with Crippen LogP contribution in [0.5, 0.6) is 0 Å². The Bertz CT molecular complexity index is 737. The molecule has 1 amide bonds. The smallest absolute Gasteiger partial charge is 0.289 e. The van der Waals surface area contributed by atoms with E-state index in [1.807, 2.05) is 7.05 Å². The lowest BCUT2D eigenvalue weighted by Crippen LogP contribution is -2.47. The highest BCUT2D eigenvalue weighted by molar-refractivity contribution is 7.84. The monoisotopic (exact) mass is 366 g/mol. The summed E-state index contributed by atoms with van der Waals surface area (Å²) < 4.78 is 18.0. The molecule has 1 atom stereocenters. The molecule has 7 heteroatoms. The molecule has 0 aliphatic carbocycles. The second-order valence-electron chi connectivity index (χ2n) is 5.81. The van der Waals surface area contributed by atoms with Gasteiger partial charge in [0.2, 0.25) is 0 Å². The Morgan fingerprint density at radius 3 is 2.46 bits per heavy atom. The molecule has 1 unspecified atom stereocenters. The lowest BCUT2D eigenvalue weighted by atomic mass is 10.3. The van der Waals surface area contributed by atoms with Crippen LogP contribution in [-0.4, -0.2) is 53.1 Å². The summed E-state index contributed by atoms with van der Waals surface area (Å²) in [4.78, 5) is 17.1. The molecule has 24 heavy (non-hydrogen) atoms. The van der Waals surface area contributed by atoms with Crippen molar-refractivity contribution in [3.05, 3.63) is 52.9 Å². The maximum absolute atomic E-state index is 12.4. The van der Waals surface area contributed by atoms with Gasteiger partial charge in [-0.05, 0) is 43.4 Å². The van der Waals surface area contributed by atoms with E-state index in [0.29, 0.717) is 34.5 Å². The first-order valence-corrected chi connectivity index (χ1v) is 9.43. The Labute approximate surface area is 148 Å². The fraction of sp³-hybridized carbons (Fsp3) is 0.353. The number of carbonyl (C=O) groups is 1. The van der Waals surface area contributed by atoms with Gasteiger partial charge in [-0.15, -0.1) is 0 Å². The first kappa shape index (κ1) is 17.2. The van der Waals surface area contributed by atoms with E-state index in [-0.39, 0.29) is 11.7 Å². The van der Waals surface area contributed by atoms with Crippen molar-refractivity contribution in [1.29, 1.82) is 0 Å². The molecule has 1 aromatic heterocycles. The number of hydrogen-bond acceptors (Lipinski definition) is 4. The normalized spacial score (nSPS) is 17.0. The minimum absolute atomic E-state index is 0.105. The van der Waals surface area contributed by atoms with E-state index in [2.05, 4.69) is 4.90 Å². The maximum Gasteiger partial charge on any atom is 0.289 e. The van der Waals surface area contributed by atoms with Gasteiger partial charge in [-0.2, -0.15) is 0 Å². The van der Waals surface area contributed by atoms with E-state index in [1.165, 1.54) is 0 Å². The third-order valence-electron chi connectivity index (χ3n) is 4.01. The van der Waals surface area contributed by atoms with Gasteiger partial charge >= 0.3 is 0 Å². The van der Waals surface area contributed by atoms with Crippen molar-refractivity contribution >= 4 is 28.3 Å². The van der Waals surface area contributed by atoms with E-state index in [9.17, 15) is 9.00 Å². The van der Waals surface area contributed by atoms with Crippen LogP contribution in [0.25, 0.3) is 0 Å². The van der Waals surface area contributed by atoms with Gasteiger partial charge in [0.05, 0.1) is 16.6 Å². The predicted molar refractivity (Wildman–Crippen MR) is 93.7 cm³/mol. The van der Waals surface area contributed by atoms with Gasteiger partial charge < -0.3 is 14.2 Å². The molecule has 1 fully saturated rings. The summed E-state index contributed by atoms with van der Waals surface area (Å²) in [6.45, 7) is 3.12. The molecule has 3 rings (SSSR count). The molecular weight excluding hydrogens is 348 g/mol. The summed E-state index contributed by atoms with van der Waals surface area (Å²) >= 11 is 5.83. The van der Waals surface area contributed by atoms with Crippen molar-refractivity contribution in [2.24, 2.45) is 0 Å². The Balaban J connectivity index is 1.63. The molecule has 2 aromatic rings. The summed E-state index contributed by atoms with van der Waals surface area (Å²) in [5.41, 5.74) is 0. The molecule has 128 valence electrons. The van der Waals surface area contributed by atoms with Crippen LogP contribution in [0.3, 0.4) is 0 Å². The number of likely N-dealkylation sites (N-methyl/N-ethyl adjacent to an activating group) is 1. The average molecular weight is 367 g/mol. The van der Waals surface area contributed by atoms with Crippen molar-refractivity contribution in [1.82, 2.24) is 9.80 Å². The van der Waals surface area contributed by atoms with Crippen LogP contribution in [0.15, 0.2) is 45.7 Å². The topological polar surface area (TPSA) is 53.8 Å². The highest BCUT2D eigenvalue weighted by Gasteiger charge is 2.23. The van der Waals surface area contributed by atoms with E-state index < -0.39 is 10.8 Å². The number of furan rings is 1. The number of rotatable bonds is 4. The lowest BCUT2D eigenvalue weighted by molar-refractivity contribution is 0.0631. The van der Waals surface area contributed by atoms with Gasteiger partial charge in [-0.25, -0.2) is 0 Å². The quantitative estimate of drug-likeness (QED) is 0.834. The molecular formula is C17H19ClN2O3S. The first-order valence-electron chi connectivity index (χ1n) is 7.73. The average Bonchev–Trinajstić information content (AvgIpc) is 3.04. The van der Waals surface area contributed by atoms with Crippen LogP contribution in [0.1, 0.15) is 16.3 Å². The molecule has 0 spiro atoms. The van der Waals surface area contributed by atoms with Crippen LogP contribution in [-0.2, 0) is 16.6 Å². The first-order chi connectivity index (χ1) is 11.5. The van der Waals surface area contributed by atoms with Gasteiger partial charge in [-0.1, -0.05) is 11.6 Å². The minimum atomic E-state index is -1.24. The van der Waals surface area contributed by atoms with Gasteiger partial charge in [0, 0.05) is 36.1 Å². The van der Waals surface area contributed by atoms with Crippen LogP contribution in [0.4, 0.5) is 0 Å². The van der Waals surface area contributed by atoms with E-state index in [1.54, 1.807) is 41.3 Å². The molecule has 0 saturated carbocycles. The molecule has 1 saturated heterocycles. The highest BCUT2D eigenvalue weighted by atomic mass is 35.5. The minimum Gasteiger partial charge on any atom is -0.455 e. The predicted octanol–water partition coefficient (Wildman–Crippen LogP) is 2.63. The number of hydrogen-bond donors (Lipinski definition) is 0. The van der Waals surface area contributed by atoms with Crippen molar-refractivity contribution in [3.8, 4) is 0 Å². The number of benzene rings is 1. The zero-order valence-corrected chi connectivity index (χ0v) is 15.0. The fourth-order valence-corrected chi connectivity index (χ4v) is 3.68. The zero-order valence-electron chi connectivity index (χ0n) is 13.4. The van der Waals surface area contributed by atoms with Gasteiger partial charge in [0.1, 0.15) is 5.76 Å². The van der Waals surface area contributed by atoms with Gasteiger partial charge in [-0.3, -0.25) is 9.00 Å². The zero-order chi connectivity index (χ0) is 17.1. The van der Waals surface area contributed by atoms with Crippen molar-refractivity contribution < 1.29 is 13.4 Å². The third kappa shape index (κ3) is 4.06. The summed E-state index contributed by atoms with van der Waals surface area (Å²) in [5.74, 6) is 0.979. The van der Waals surface area contributed by atoms with Crippen molar-refractivity contribution in [3.63, 3.8) is 0 Å². The maximum atomic E-state index is 12.4. The Kier molecular flexibility index (Phi) is 5.38. The lowest BCUT2D eigenvalue weighted by Gasteiger charge is -2.31. The van der Waals surface area contributed by atoms with Crippen LogP contribution < -0.4 is 0 Å². The third-order valence-corrected chi connectivity index (χ3v) is 5.61. The second-order valence-corrected chi connectivity index (χ2v) is 7.69. The van der Waals surface area contributed by atoms with Crippen LogP contribution in [0.2, 0.25) is 5.02 Å². The summed E-state index contributed by atoms with van der Waals surface area (Å²) in [6, 6.07) is 10.3. The molecule has 1 aliphatic heterocycles. The van der Waals surface area contributed by atoms with E-state index >= 15 is 0 Å². The second kappa shape index (κ2) is 7.51. The van der Waals surface area contributed by atoms with Crippen molar-refractivity contribution in [2.75, 3.05) is 33.2 Å². The number of carbonyl (C=O) groups excluding carboxylic acids is 1. The number of amides is 1. The highest BCUT2D eigenvalue weighted by Crippen LogP contribution is 2.18. The standard InChI is InChI=1S/C17H19ClN2O3S/c1-19-8-10-20(11-9-19)17(21)16-7-4-14(23-16)12-24(22)15-5-2-13(18)3-6-15/h2-7H,8-12H2,1H3. The molecule has 2 heterocycles. The Morgan fingerprint density at radius 2 is 1.79 bits per heavy atom. The van der Waals surface area contributed by atoms with Gasteiger partial charge in [0.15, 0.2) is 5.76 Å². The SMILES string of the molecule is CN1CCN(C(=O)c2ccc(CS(=O)c3ccc(Cl)cc3)o2)CC1. The summed E-state index contributed by atoms with van der Waals surface area (Å²) in [7, 11) is 0.805. The Hall–Kier alpha value is -1.63. The molecule has 1 aliphatic rings. The number of piperazine rings is 1. The fourth-order valence-electron chi connectivity index (χ4n) is 2.53. The Morgan fingerprint density at radius 1 is 1.12 bits per heavy atom. The number of halogens is 1. The summed E-state index contributed by atoms with van der Waals surface area (Å²) in [6.07, 6.45) is 0. The van der Waals surface area contributed by atoms with E-state index in [4.69, 9.17) is 16.0 Å². The van der Waals surface area contributed by atoms with Crippen LogP contribution in [0, 0.1) is 0 Å². The number of nitrogens with zero attached hydrogens (tertiary/aromatic N) is 2. The molecule has 0 bridgehead atoms. The largest absolute Gasteiger partial charge is 0.455 e. The van der Waals surface area contributed by atoms with Crippen molar-refractivity contribution in [2.45, 2.75) is 10.6 Å². The molecule has 1 aromatic carbocycles. The van der Waals surface area contributed by atoms with Crippen LogP contribution >= 0.6 is 11.6 Å². The summed E-state index contributed by atoms with van der Waals surface area (Å²) in [5, 5.41) is 0.605. The van der Waals surface area contributed by atoms with E-state index in [0.717, 1.165) is 13.1 Å². The van der Waals surface area contributed by atoms with Gasteiger partial charge in [0.25, 0.3) is 5.91 Å². The molecule has 0 N–H and O–H groups in total.